The third-order valence-corrected chi connectivity index (χ3v) is 2.71. The summed E-state index contributed by atoms with van der Waals surface area (Å²) in [4.78, 5) is 25.5. The molecule has 2 aromatic rings. The molecule has 0 amide bonds. The number of carboxylic acids is 2. The van der Waals surface area contributed by atoms with Crippen molar-refractivity contribution in [1.82, 2.24) is 4.98 Å². The second-order valence-corrected chi connectivity index (χ2v) is 4.46. The summed E-state index contributed by atoms with van der Waals surface area (Å²) in [7, 11) is 0. The highest BCUT2D eigenvalue weighted by molar-refractivity contribution is 6.31. The molecule has 0 aliphatic rings. The van der Waals surface area contributed by atoms with Gasteiger partial charge in [-0.05, 0) is 18.2 Å². The van der Waals surface area contributed by atoms with Crippen molar-refractivity contribution >= 4 is 34.4 Å². The van der Waals surface area contributed by atoms with Crippen molar-refractivity contribution in [2.75, 3.05) is 6.61 Å². The van der Waals surface area contributed by atoms with Gasteiger partial charge < -0.3 is 14.9 Å². The number of hydrogen-bond acceptors (Lipinski definition) is 4. The van der Waals surface area contributed by atoms with E-state index in [1.54, 1.807) is 18.2 Å². The minimum absolute atomic E-state index is 0.269. The van der Waals surface area contributed by atoms with Crippen LogP contribution in [0.4, 0.5) is 0 Å². The molecule has 2 N–H and O–H groups in total. The molecule has 1 aromatic heterocycles. The zero-order valence-electron chi connectivity index (χ0n) is 10.2. The molecule has 104 valence electrons. The van der Waals surface area contributed by atoms with Crippen molar-refractivity contribution < 1.29 is 24.5 Å². The van der Waals surface area contributed by atoms with E-state index in [2.05, 4.69) is 4.98 Å². The number of pyridine rings is 1. The summed E-state index contributed by atoms with van der Waals surface area (Å²) in [5, 5.41) is 18.5. The van der Waals surface area contributed by atoms with E-state index < -0.39 is 18.5 Å². The molecule has 2 rings (SSSR count). The molecule has 0 saturated carbocycles. The van der Waals surface area contributed by atoms with Gasteiger partial charge in [0, 0.05) is 16.5 Å². The zero-order valence-corrected chi connectivity index (χ0v) is 10.9. The molecule has 0 aliphatic heterocycles. The number of aromatic nitrogens is 1. The lowest BCUT2D eigenvalue weighted by molar-refractivity contribution is -0.139. The van der Waals surface area contributed by atoms with Gasteiger partial charge in [-0.25, -0.2) is 4.79 Å². The van der Waals surface area contributed by atoms with Crippen LogP contribution in [0.5, 0.6) is 5.75 Å². The maximum atomic E-state index is 10.7. The molecule has 7 heteroatoms. The number of benzene rings is 1. The molecule has 20 heavy (non-hydrogen) atoms. The van der Waals surface area contributed by atoms with E-state index in [9.17, 15) is 9.59 Å². The molecule has 0 spiro atoms. The van der Waals surface area contributed by atoms with E-state index >= 15 is 0 Å². The highest BCUT2D eigenvalue weighted by Gasteiger charge is 2.11. The average Bonchev–Trinajstić information content (AvgIpc) is 2.34. The highest BCUT2D eigenvalue weighted by Crippen LogP contribution is 2.28. The van der Waals surface area contributed by atoms with Crippen LogP contribution in [0.1, 0.15) is 5.69 Å². The van der Waals surface area contributed by atoms with Crippen molar-refractivity contribution in [3.8, 4) is 5.75 Å². The number of rotatable bonds is 5. The Labute approximate surface area is 118 Å². The van der Waals surface area contributed by atoms with Crippen LogP contribution in [0, 0.1) is 0 Å². The van der Waals surface area contributed by atoms with Gasteiger partial charge in [0.15, 0.2) is 6.61 Å². The first kappa shape index (κ1) is 14.1. The normalized spacial score (nSPS) is 10.4. The van der Waals surface area contributed by atoms with E-state index in [0.29, 0.717) is 15.9 Å². The molecule has 6 nitrogen and oxygen atoms in total. The lowest BCUT2D eigenvalue weighted by Crippen LogP contribution is -2.10. The maximum Gasteiger partial charge on any atom is 0.341 e. The summed E-state index contributed by atoms with van der Waals surface area (Å²) in [6.07, 6.45) is -0.286. The average molecular weight is 296 g/mol. The van der Waals surface area contributed by atoms with Gasteiger partial charge in [-0.2, -0.15) is 0 Å². The number of fused-ring (bicyclic) bond motifs is 1. The minimum Gasteiger partial charge on any atom is -0.481 e. The van der Waals surface area contributed by atoms with Crippen molar-refractivity contribution in [2.24, 2.45) is 0 Å². The van der Waals surface area contributed by atoms with Gasteiger partial charge in [0.2, 0.25) is 0 Å². The van der Waals surface area contributed by atoms with E-state index in [1.807, 2.05) is 0 Å². The van der Waals surface area contributed by atoms with Crippen LogP contribution < -0.4 is 4.74 Å². The molecule has 0 radical (unpaired) electrons. The highest BCUT2D eigenvalue weighted by atomic mass is 35.5. The van der Waals surface area contributed by atoms with Crippen LogP contribution in [0.25, 0.3) is 10.9 Å². The SMILES string of the molecule is O=C(O)COc1cc(CC(=O)O)nc2cc(Cl)ccc12. The van der Waals surface area contributed by atoms with E-state index in [4.69, 9.17) is 26.6 Å². The monoisotopic (exact) mass is 295 g/mol. The van der Waals surface area contributed by atoms with Crippen molar-refractivity contribution in [1.29, 1.82) is 0 Å². The van der Waals surface area contributed by atoms with Crippen LogP contribution >= 0.6 is 11.6 Å². The molecule has 1 aromatic carbocycles. The smallest absolute Gasteiger partial charge is 0.341 e. The molecule has 0 unspecified atom stereocenters. The Balaban J connectivity index is 2.50. The first-order valence-electron chi connectivity index (χ1n) is 5.61. The summed E-state index contributed by atoms with van der Waals surface area (Å²) in [5.74, 6) is -1.89. The number of carbonyl (C=O) groups is 2. The number of aliphatic carboxylic acids is 2. The van der Waals surface area contributed by atoms with Gasteiger partial charge in [-0.3, -0.25) is 9.78 Å². The van der Waals surface area contributed by atoms with Gasteiger partial charge in [0.25, 0.3) is 0 Å². The Morgan fingerprint density at radius 3 is 2.60 bits per heavy atom. The lowest BCUT2D eigenvalue weighted by Gasteiger charge is -2.09. The Morgan fingerprint density at radius 2 is 1.95 bits per heavy atom. The van der Waals surface area contributed by atoms with Gasteiger partial charge in [0.05, 0.1) is 17.6 Å². The topological polar surface area (TPSA) is 96.7 Å². The standard InChI is InChI=1S/C13H10ClNO5/c14-7-1-2-9-10(3-7)15-8(5-12(16)17)4-11(9)20-6-13(18)19/h1-4H,5-6H2,(H,16,17)(H,18,19). The quantitative estimate of drug-likeness (QED) is 0.875. The summed E-state index contributed by atoms with van der Waals surface area (Å²) in [5.41, 5.74) is 0.726. The molecule has 1 heterocycles. The van der Waals surface area contributed by atoms with Crippen LogP contribution in [0.15, 0.2) is 24.3 Å². The summed E-state index contributed by atoms with van der Waals surface area (Å²) < 4.78 is 5.17. The molecule has 0 atom stereocenters. The number of carboxylic acid groups (broad SMARTS) is 2. The Morgan fingerprint density at radius 1 is 1.20 bits per heavy atom. The summed E-state index contributed by atoms with van der Waals surface area (Å²) >= 11 is 5.87. The number of ether oxygens (including phenoxy) is 1. The number of nitrogens with zero attached hydrogens (tertiary/aromatic N) is 1. The fourth-order valence-electron chi connectivity index (χ4n) is 1.73. The maximum absolute atomic E-state index is 10.7. The molecule has 0 fully saturated rings. The zero-order chi connectivity index (χ0) is 14.7. The fraction of sp³-hybridized carbons (Fsp3) is 0.154. The van der Waals surface area contributed by atoms with E-state index in [1.165, 1.54) is 6.07 Å². The summed E-state index contributed by atoms with van der Waals surface area (Å²) in [6.45, 7) is -0.520. The summed E-state index contributed by atoms with van der Waals surface area (Å²) in [6, 6.07) is 6.26. The van der Waals surface area contributed by atoms with Gasteiger partial charge >= 0.3 is 11.9 Å². The van der Waals surface area contributed by atoms with Crippen molar-refractivity contribution in [3.05, 3.63) is 35.0 Å². The van der Waals surface area contributed by atoms with Gasteiger partial charge in [-0.1, -0.05) is 11.6 Å². The second kappa shape index (κ2) is 5.75. The minimum atomic E-state index is -1.12. The molecule has 0 aliphatic carbocycles. The van der Waals surface area contributed by atoms with Gasteiger partial charge in [0.1, 0.15) is 5.75 Å². The van der Waals surface area contributed by atoms with Gasteiger partial charge in [-0.15, -0.1) is 0 Å². The number of halogens is 1. The third kappa shape index (κ3) is 3.36. The van der Waals surface area contributed by atoms with Crippen LogP contribution in [-0.4, -0.2) is 33.7 Å². The van der Waals surface area contributed by atoms with Crippen LogP contribution in [-0.2, 0) is 16.0 Å². The molecule has 0 saturated heterocycles. The molecule has 0 bridgehead atoms. The molecular formula is C13H10ClNO5. The first-order chi connectivity index (χ1) is 9.45. The Bertz CT molecular complexity index is 686. The fourth-order valence-corrected chi connectivity index (χ4v) is 1.89. The van der Waals surface area contributed by atoms with E-state index in [-0.39, 0.29) is 17.9 Å². The van der Waals surface area contributed by atoms with Crippen molar-refractivity contribution in [2.45, 2.75) is 6.42 Å². The van der Waals surface area contributed by atoms with Crippen LogP contribution in [0.3, 0.4) is 0 Å². The second-order valence-electron chi connectivity index (χ2n) is 4.03. The van der Waals surface area contributed by atoms with Crippen LogP contribution in [0.2, 0.25) is 5.02 Å². The third-order valence-electron chi connectivity index (χ3n) is 2.47. The lowest BCUT2D eigenvalue weighted by atomic mass is 10.1. The first-order valence-corrected chi connectivity index (χ1v) is 5.99. The molecular weight excluding hydrogens is 286 g/mol. The largest absolute Gasteiger partial charge is 0.481 e. The number of hydrogen-bond donors (Lipinski definition) is 2. The van der Waals surface area contributed by atoms with E-state index in [0.717, 1.165) is 0 Å². The predicted molar refractivity (Wildman–Crippen MR) is 71.2 cm³/mol. The Kier molecular flexibility index (Phi) is 4.05. The predicted octanol–water partition coefficient (Wildman–Crippen LogP) is 1.98. The Hall–Kier alpha value is -2.34. The van der Waals surface area contributed by atoms with Crippen molar-refractivity contribution in [3.63, 3.8) is 0 Å².